The molecule has 0 unspecified atom stereocenters. The van der Waals surface area contributed by atoms with E-state index in [1.165, 1.54) is 47.3 Å². The predicted molar refractivity (Wildman–Crippen MR) is 117 cm³/mol. The lowest BCUT2D eigenvalue weighted by Gasteiger charge is -2.07. The summed E-state index contributed by atoms with van der Waals surface area (Å²) >= 11 is 0. The van der Waals surface area contributed by atoms with Crippen molar-refractivity contribution in [2.24, 2.45) is 0 Å². The fraction of sp³-hybridized carbons (Fsp3) is 0.0417. The van der Waals surface area contributed by atoms with Crippen LogP contribution in [0.25, 0.3) is 27.5 Å². The lowest BCUT2D eigenvalue weighted by molar-refractivity contribution is 0.0951. The van der Waals surface area contributed by atoms with Gasteiger partial charge in [-0.05, 0) is 60.2 Å². The van der Waals surface area contributed by atoms with Crippen LogP contribution in [0.1, 0.15) is 15.9 Å². The van der Waals surface area contributed by atoms with Crippen molar-refractivity contribution in [3.63, 3.8) is 0 Å². The van der Waals surface area contributed by atoms with Crippen LogP contribution in [-0.2, 0) is 6.54 Å². The van der Waals surface area contributed by atoms with E-state index in [-0.39, 0.29) is 23.8 Å². The van der Waals surface area contributed by atoms with Gasteiger partial charge in [-0.25, -0.2) is 13.5 Å². The van der Waals surface area contributed by atoms with Gasteiger partial charge in [0, 0.05) is 23.7 Å². The van der Waals surface area contributed by atoms with E-state index < -0.39 is 5.82 Å². The maximum Gasteiger partial charge on any atom is 0.280 e. The molecule has 2 N–H and O–H groups in total. The van der Waals surface area contributed by atoms with E-state index >= 15 is 0 Å². The molecular formula is C24H16F2N4O2. The normalized spacial score (nSPS) is 11.2. The van der Waals surface area contributed by atoms with Gasteiger partial charge >= 0.3 is 0 Å². The van der Waals surface area contributed by atoms with Gasteiger partial charge < -0.3 is 5.32 Å². The van der Waals surface area contributed by atoms with Gasteiger partial charge in [0.25, 0.3) is 11.5 Å². The Morgan fingerprint density at radius 3 is 2.34 bits per heavy atom. The molecule has 6 nitrogen and oxygen atoms in total. The Hall–Kier alpha value is -4.33. The highest BCUT2D eigenvalue weighted by Crippen LogP contribution is 2.22. The molecule has 0 radical (unpaired) electrons. The standard InChI is InChI=1S/C24H16F2N4O2/c25-16-4-1-14(2-5-16)12-28-23(31)15-3-10-21-19(11-15)22-20(13-27-21)24(32)30(29-22)18-8-6-17(26)7-9-18/h1-11,13,29H,12H2,(H,28,31). The average molecular weight is 430 g/mol. The highest BCUT2D eigenvalue weighted by Gasteiger charge is 2.14. The van der Waals surface area contributed by atoms with E-state index in [2.05, 4.69) is 15.4 Å². The van der Waals surface area contributed by atoms with Crippen LogP contribution in [0.15, 0.2) is 77.7 Å². The largest absolute Gasteiger partial charge is 0.348 e. The van der Waals surface area contributed by atoms with Crippen molar-refractivity contribution in [3.05, 3.63) is 106 Å². The van der Waals surface area contributed by atoms with Gasteiger partial charge in [0.05, 0.1) is 22.1 Å². The molecule has 0 saturated heterocycles. The number of aromatic nitrogens is 3. The second-order valence-electron chi connectivity index (χ2n) is 7.32. The van der Waals surface area contributed by atoms with Crippen molar-refractivity contribution >= 4 is 27.7 Å². The summed E-state index contributed by atoms with van der Waals surface area (Å²) in [4.78, 5) is 29.9. The number of pyridine rings is 1. The van der Waals surface area contributed by atoms with Gasteiger partial charge in [-0.15, -0.1) is 0 Å². The molecule has 1 amide bonds. The number of nitrogens with one attached hydrogen (secondary N) is 2. The molecule has 32 heavy (non-hydrogen) atoms. The second-order valence-corrected chi connectivity index (χ2v) is 7.32. The van der Waals surface area contributed by atoms with Crippen molar-refractivity contribution in [2.45, 2.75) is 6.54 Å². The Balaban J connectivity index is 1.52. The summed E-state index contributed by atoms with van der Waals surface area (Å²) < 4.78 is 27.6. The smallest absolute Gasteiger partial charge is 0.280 e. The third kappa shape index (κ3) is 3.51. The molecule has 0 atom stereocenters. The maximum absolute atomic E-state index is 13.3. The minimum Gasteiger partial charge on any atom is -0.348 e. The third-order valence-corrected chi connectivity index (χ3v) is 5.24. The number of hydrogen-bond acceptors (Lipinski definition) is 3. The quantitative estimate of drug-likeness (QED) is 0.451. The minimum atomic E-state index is -0.402. The van der Waals surface area contributed by atoms with E-state index in [4.69, 9.17) is 0 Å². The highest BCUT2D eigenvalue weighted by atomic mass is 19.1. The SMILES string of the molecule is O=C(NCc1ccc(F)cc1)c1ccc2ncc3c(=O)n(-c4ccc(F)cc4)[nH]c3c2c1. The molecule has 3 aromatic carbocycles. The molecule has 2 aromatic heterocycles. The third-order valence-electron chi connectivity index (χ3n) is 5.24. The van der Waals surface area contributed by atoms with Crippen LogP contribution >= 0.6 is 0 Å². The lowest BCUT2D eigenvalue weighted by atomic mass is 10.1. The van der Waals surface area contributed by atoms with E-state index in [0.717, 1.165) is 5.56 Å². The zero-order chi connectivity index (χ0) is 22.2. The Labute approximate surface area is 180 Å². The van der Waals surface area contributed by atoms with Gasteiger partial charge in [0.2, 0.25) is 0 Å². The predicted octanol–water partition coefficient (Wildman–Crippen LogP) is 4.08. The summed E-state index contributed by atoms with van der Waals surface area (Å²) in [5.74, 6) is -1.05. The molecule has 5 aromatic rings. The number of carbonyl (C=O) groups is 1. The van der Waals surface area contributed by atoms with Gasteiger partial charge in [-0.1, -0.05) is 12.1 Å². The topological polar surface area (TPSA) is 79.8 Å². The fourth-order valence-corrected chi connectivity index (χ4v) is 3.56. The molecule has 0 saturated carbocycles. The molecule has 2 heterocycles. The number of halogens is 2. The van der Waals surface area contributed by atoms with E-state index in [1.807, 2.05) is 0 Å². The van der Waals surface area contributed by atoms with Crippen molar-refractivity contribution in [1.29, 1.82) is 0 Å². The molecule has 0 aliphatic heterocycles. The number of amides is 1. The zero-order valence-corrected chi connectivity index (χ0v) is 16.6. The summed E-state index contributed by atoms with van der Waals surface area (Å²) in [5, 5.41) is 6.81. The first-order valence-corrected chi connectivity index (χ1v) is 9.82. The number of aromatic amines is 1. The van der Waals surface area contributed by atoms with Crippen LogP contribution < -0.4 is 10.9 Å². The average Bonchev–Trinajstić information content (AvgIpc) is 3.15. The molecule has 0 aliphatic carbocycles. The van der Waals surface area contributed by atoms with Crippen LogP contribution in [0.2, 0.25) is 0 Å². The lowest BCUT2D eigenvalue weighted by Crippen LogP contribution is -2.22. The molecule has 0 aliphatic rings. The minimum absolute atomic E-state index is 0.247. The molecule has 0 spiro atoms. The van der Waals surface area contributed by atoms with Crippen molar-refractivity contribution < 1.29 is 13.6 Å². The van der Waals surface area contributed by atoms with Crippen molar-refractivity contribution in [2.75, 3.05) is 0 Å². The number of rotatable bonds is 4. The molecule has 0 bridgehead atoms. The van der Waals surface area contributed by atoms with E-state index in [9.17, 15) is 18.4 Å². The number of fused-ring (bicyclic) bond motifs is 3. The summed E-state index contributed by atoms with van der Waals surface area (Å²) in [6, 6.07) is 16.4. The molecule has 8 heteroatoms. The van der Waals surface area contributed by atoms with Crippen LogP contribution in [0.3, 0.4) is 0 Å². The van der Waals surface area contributed by atoms with Crippen LogP contribution in [0.5, 0.6) is 0 Å². The molecule has 0 fully saturated rings. The molecule has 5 rings (SSSR count). The number of H-pyrrole nitrogens is 1. The summed E-state index contributed by atoms with van der Waals surface area (Å²) in [6.45, 7) is 0.247. The number of carbonyl (C=O) groups excluding carboxylic acids is 1. The Morgan fingerprint density at radius 1 is 0.938 bits per heavy atom. The van der Waals surface area contributed by atoms with Gasteiger partial charge in [0.1, 0.15) is 11.6 Å². The van der Waals surface area contributed by atoms with E-state index in [1.54, 1.807) is 30.3 Å². The van der Waals surface area contributed by atoms with Crippen molar-refractivity contribution in [1.82, 2.24) is 20.1 Å². The number of hydrogen-bond donors (Lipinski definition) is 2. The Morgan fingerprint density at radius 2 is 1.62 bits per heavy atom. The second kappa shape index (κ2) is 7.73. The van der Waals surface area contributed by atoms with Gasteiger partial charge in [0.15, 0.2) is 0 Å². The first kappa shape index (κ1) is 19.6. The zero-order valence-electron chi connectivity index (χ0n) is 16.6. The monoisotopic (exact) mass is 430 g/mol. The first-order chi connectivity index (χ1) is 15.5. The number of nitrogens with zero attached hydrogens (tertiary/aromatic N) is 2. The van der Waals surface area contributed by atoms with Crippen LogP contribution in [0, 0.1) is 11.6 Å². The van der Waals surface area contributed by atoms with Crippen molar-refractivity contribution in [3.8, 4) is 5.69 Å². The summed E-state index contributed by atoms with van der Waals surface area (Å²) in [5.41, 5.74) is 2.45. The molecule has 158 valence electrons. The van der Waals surface area contributed by atoms with Crippen LogP contribution in [-0.4, -0.2) is 20.7 Å². The summed E-state index contributed by atoms with van der Waals surface area (Å²) in [6.07, 6.45) is 1.48. The summed E-state index contributed by atoms with van der Waals surface area (Å²) in [7, 11) is 0. The van der Waals surface area contributed by atoms with Crippen LogP contribution in [0.4, 0.5) is 8.78 Å². The van der Waals surface area contributed by atoms with Gasteiger partial charge in [-0.2, -0.15) is 0 Å². The van der Waals surface area contributed by atoms with E-state index in [0.29, 0.717) is 33.1 Å². The number of benzene rings is 3. The Bertz CT molecular complexity index is 1520. The first-order valence-electron chi connectivity index (χ1n) is 9.82. The molecular weight excluding hydrogens is 414 g/mol. The fourth-order valence-electron chi connectivity index (χ4n) is 3.56. The Kier molecular flexibility index (Phi) is 4.74. The maximum atomic E-state index is 13.3. The highest BCUT2D eigenvalue weighted by molar-refractivity contribution is 6.06. The van der Waals surface area contributed by atoms with Gasteiger partial charge in [-0.3, -0.25) is 19.7 Å².